The quantitative estimate of drug-likeness (QED) is 0.177. The summed E-state index contributed by atoms with van der Waals surface area (Å²) in [5.41, 5.74) is 3.56. The van der Waals surface area contributed by atoms with Gasteiger partial charge in [-0.25, -0.2) is 0 Å². The van der Waals surface area contributed by atoms with Crippen LogP contribution in [0.5, 0.6) is 0 Å². The van der Waals surface area contributed by atoms with Crippen molar-refractivity contribution < 1.29 is 22.2 Å². The number of aromatic amines is 1. The van der Waals surface area contributed by atoms with E-state index in [2.05, 4.69) is 121 Å². The van der Waals surface area contributed by atoms with Gasteiger partial charge in [0.2, 0.25) is 10.1 Å². The summed E-state index contributed by atoms with van der Waals surface area (Å²) < 4.78 is 39.0. The maximum atomic E-state index is 9.75. The van der Waals surface area contributed by atoms with E-state index < -0.39 is 7.25 Å². The number of nitrogens with zero attached hydrogens (tertiary/aromatic N) is 1. The highest BCUT2D eigenvalue weighted by atomic mass is 32.2. The van der Waals surface area contributed by atoms with Crippen molar-refractivity contribution in [1.29, 1.82) is 0 Å². The number of rotatable bonds is 7. The highest BCUT2D eigenvalue weighted by Gasteiger charge is 2.20. The van der Waals surface area contributed by atoms with Crippen molar-refractivity contribution in [3.05, 3.63) is 108 Å². The van der Waals surface area contributed by atoms with Gasteiger partial charge < -0.3 is 22.2 Å². The molecule has 1 N–H and O–H groups in total. The fourth-order valence-electron chi connectivity index (χ4n) is 3.05. The van der Waals surface area contributed by atoms with Gasteiger partial charge in [-0.1, -0.05) is 60.7 Å². The molecule has 0 radical (unpaired) electrons. The largest absolute Gasteiger partial charge is 0.673 e. The number of hydrogen-bond donors (Lipinski definition) is 0. The second-order valence-electron chi connectivity index (χ2n) is 7.79. The summed E-state index contributed by atoms with van der Waals surface area (Å²) in [5, 5.41) is 2.24. The summed E-state index contributed by atoms with van der Waals surface area (Å²) in [6.45, 7) is 0. The summed E-state index contributed by atoms with van der Waals surface area (Å²) >= 11 is 3.49. The SMILES string of the molecule is CN(C)c1ccc(/C=C/c2cc(Sc3ccccc3)[nH+]c(Sc3ccccc3)c2)cc1.F[B-](F)(F)F. The monoisotopic (exact) mass is 528 g/mol. The van der Waals surface area contributed by atoms with Crippen LogP contribution in [-0.2, 0) is 0 Å². The average molecular weight is 528 g/mol. The fraction of sp³-hybridized carbons (Fsp3) is 0.0741. The van der Waals surface area contributed by atoms with Crippen LogP contribution in [0.3, 0.4) is 0 Å². The van der Waals surface area contributed by atoms with E-state index in [-0.39, 0.29) is 0 Å². The van der Waals surface area contributed by atoms with E-state index in [4.69, 9.17) is 0 Å². The molecule has 186 valence electrons. The zero-order valence-electron chi connectivity index (χ0n) is 19.7. The Hall–Kier alpha value is -3.17. The standard InChI is InChI=1S/C27H24N2S2.BF4/c1-29(2)23-17-15-21(16-18-23)13-14-22-19-26(30-24-9-5-3-6-10-24)28-27(20-22)31-25-11-7-4-8-12-25;2-1(3,4)5/h3-20H,1-2H3;/q;-1/p+1/b14-13+;. The van der Waals surface area contributed by atoms with Gasteiger partial charge in [-0.05, 0) is 71.0 Å². The minimum absolute atomic E-state index is 1.12. The molecule has 0 saturated carbocycles. The number of pyridine rings is 1. The van der Waals surface area contributed by atoms with Crippen LogP contribution in [0.25, 0.3) is 12.2 Å². The molecule has 0 amide bonds. The Kier molecular flexibility index (Phi) is 10.1. The number of halogens is 4. The van der Waals surface area contributed by atoms with Crippen molar-refractivity contribution in [1.82, 2.24) is 0 Å². The van der Waals surface area contributed by atoms with Crippen LogP contribution in [0, 0.1) is 0 Å². The number of nitrogens with one attached hydrogen (secondary N) is 1. The molecule has 0 spiro atoms. The summed E-state index contributed by atoms with van der Waals surface area (Å²) in [6, 6.07) is 33.9. The molecule has 1 aromatic heterocycles. The van der Waals surface area contributed by atoms with Gasteiger partial charge in [0, 0.05) is 41.7 Å². The van der Waals surface area contributed by atoms with E-state index >= 15 is 0 Å². The van der Waals surface area contributed by atoms with Crippen LogP contribution in [0.15, 0.2) is 117 Å². The van der Waals surface area contributed by atoms with E-state index in [1.807, 2.05) is 12.1 Å². The lowest BCUT2D eigenvalue weighted by Crippen LogP contribution is -2.10. The highest BCUT2D eigenvalue weighted by molar-refractivity contribution is 7.99. The second-order valence-corrected chi connectivity index (χ2v) is 10.0. The van der Waals surface area contributed by atoms with Gasteiger partial charge in [0.1, 0.15) is 0 Å². The van der Waals surface area contributed by atoms with E-state index in [1.165, 1.54) is 26.6 Å². The van der Waals surface area contributed by atoms with Crippen LogP contribution in [0.4, 0.5) is 23.0 Å². The van der Waals surface area contributed by atoms with E-state index in [0.29, 0.717) is 0 Å². The molecule has 0 bridgehead atoms. The Labute approximate surface area is 217 Å². The summed E-state index contributed by atoms with van der Waals surface area (Å²) in [5.74, 6) is 0. The van der Waals surface area contributed by atoms with E-state index in [1.54, 1.807) is 23.5 Å². The topological polar surface area (TPSA) is 17.4 Å². The molecule has 0 fully saturated rings. The molecule has 0 saturated heterocycles. The van der Waals surface area contributed by atoms with Gasteiger partial charge in [-0.2, -0.15) is 4.98 Å². The molecule has 0 aliphatic heterocycles. The third-order valence-electron chi connectivity index (χ3n) is 4.66. The van der Waals surface area contributed by atoms with Crippen LogP contribution in [0.2, 0.25) is 0 Å². The van der Waals surface area contributed by atoms with E-state index in [9.17, 15) is 17.3 Å². The van der Waals surface area contributed by atoms with Gasteiger partial charge in [-0.15, -0.1) is 0 Å². The number of benzene rings is 3. The van der Waals surface area contributed by atoms with Crippen LogP contribution < -0.4 is 9.88 Å². The lowest BCUT2D eigenvalue weighted by molar-refractivity contribution is -0.472. The van der Waals surface area contributed by atoms with Crippen molar-refractivity contribution in [2.75, 3.05) is 19.0 Å². The molecule has 0 aliphatic carbocycles. The molecular weight excluding hydrogens is 503 g/mol. The van der Waals surface area contributed by atoms with Gasteiger partial charge in [0.05, 0.1) is 0 Å². The van der Waals surface area contributed by atoms with Crippen molar-refractivity contribution in [2.45, 2.75) is 19.8 Å². The normalized spacial score (nSPS) is 11.2. The number of anilines is 1. The van der Waals surface area contributed by atoms with Crippen LogP contribution in [-0.4, -0.2) is 21.3 Å². The predicted molar refractivity (Wildman–Crippen MR) is 144 cm³/mol. The van der Waals surface area contributed by atoms with Crippen LogP contribution >= 0.6 is 23.5 Å². The predicted octanol–water partition coefficient (Wildman–Crippen LogP) is 8.34. The van der Waals surface area contributed by atoms with Gasteiger partial charge >= 0.3 is 7.25 Å². The molecule has 9 heteroatoms. The summed E-state index contributed by atoms with van der Waals surface area (Å²) in [7, 11) is -1.88. The summed E-state index contributed by atoms with van der Waals surface area (Å²) in [6.07, 6.45) is 4.35. The molecule has 3 aromatic carbocycles. The smallest absolute Gasteiger partial charge is 0.418 e. The Balaban J connectivity index is 0.000000658. The first-order chi connectivity index (χ1) is 17.2. The van der Waals surface area contributed by atoms with Crippen molar-refractivity contribution >= 4 is 48.6 Å². The molecule has 0 unspecified atom stereocenters. The summed E-state index contributed by atoms with van der Waals surface area (Å²) in [4.78, 5) is 8.13. The molecule has 1 heterocycles. The highest BCUT2D eigenvalue weighted by Crippen LogP contribution is 2.30. The first-order valence-electron chi connectivity index (χ1n) is 11.0. The Morgan fingerprint density at radius 1 is 0.639 bits per heavy atom. The van der Waals surface area contributed by atoms with Gasteiger partial charge in [0.25, 0.3) is 0 Å². The van der Waals surface area contributed by atoms with Crippen molar-refractivity contribution in [3.8, 4) is 0 Å². The van der Waals surface area contributed by atoms with Crippen molar-refractivity contribution in [2.24, 2.45) is 0 Å². The maximum absolute atomic E-state index is 9.75. The lowest BCUT2D eigenvalue weighted by Gasteiger charge is -2.11. The molecule has 2 nitrogen and oxygen atoms in total. The van der Waals surface area contributed by atoms with Gasteiger partial charge in [0.15, 0.2) is 0 Å². The first kappa shape index (κ1) is 27.4. The Bertz CT molecular complexity index is 1180. The maximum Gasteiger partial charge on any atom is 0.673 e. The van der Waals surface area contributed by atoms with E-state index in [0.717, 1.165) is 10.1 Å². The number of H-pyrrole nitrogens is 1. The minimum Gasteiger partial charge on any atom is -0.418 e. The minimum atomic E-state index is -6.00. The van der Waals surface area contributed by atoms with Crippen molar-refractivity contribution in [3.63, 3.8) is 0 Å². The van der Waals surface area contributed by atoms with Crippen LogP contribution in [0.1, 0.15) is 11.1 Å². The average Bonchev–Trinajstić information content (AvgIpc) is 2.83. The number of hydrogen-bond acceptors (Lipinski definition) is 3. The first-order valence-corrected chi connectivity index (χ1v) is 12.6. The molecule has 0 aliphatic rings. The third-order valence-corrected chi connectivity index (χ3v) is 6.56. The zero-order chi connectivity index (χ0) is 26.0. The fourth-order valence-corrected chi connectivity index (χ4v) is 4.92. The molecule has 36 heavy (non-hydrogen) atoms. The third kappa shape index (κ3) is 10.2. The molecule has 0 atom stereocenters. The second kappa shape index (κ2) is 13.2. The molecular formula is C27H25BF4N2S2. The lowest BCUT2D eigenvalue weighted by atomic mass is 10.1. The molecule has 4 rings (SSSR count). The zero-order valence-corrected chi connectivity index (χ0v) is 21.4. The van der Waals surface area contributed by atoms with Gasteiger partial charge in [-0.3, -0.25) is 0 Å². The number of aromatic nitrogens is 1. The molecule has 4 aromatic rings. The Morgan fingerprint density at radius 3 is 1.47 bits per heavy atom. The Morgan fingerprint density at radius 2 is 1.06 bits per heavy atom.